The SMILES string of the molecule is CC(NC(=O)C(C(=O)O)C(C)(C)C)c1cccs1. The van der Waals surface area contributed by atoms with Gasteiger partial charge in [-0.1, -0.05) is 26.8 Å². The molecule has 1 amide bonds. The van der Waals surface area contributed by atoms with E-state index >= 15 is 0 Å². The predicted molar refractivity (Wildman–Crippen MR) is 71.5 cm³/mol. The van der Waals surface area contributed by atoms with Gasteiger partial charge in [0.25, 0.3) is 0 Å². The number of carboxylic acids is 1. The Bertz CT molecular complexity index is 420. The van der Waals surface area contributed by atoms with Crippen LogP contribution in [-0.4, -0.2) is 17.0 Å². The third-order valence-electron chi connectivity index (χ3n) is 2.70. The third-order valence-corrected chi connectivity index (χ3v) is 3.76. The summed E-state index contributed by atoms with van der Waals surface area (Å²) in [6, 6.07) is 3.66. The topological polar surface area (TPSA) is 66.4 Å². The van der Waals surface area contributed by atoms with Gasteiger partial charge in [-0.3, -0.25) is 9.59 Å². The zero-order valence-electron chi connectivity index (χ0n) is 11.1. The molecule has 100 valence electrons. The van der Waals surface area contributed by atoms with E-state index in [4.69, 9.17) is 5.11 Å². The average molecular weight is 269 g/mol. The molecular weight excluding hydrogens is 250 g/mol. The molecule has 0 saturated carbocycles. The second-order valence-corrected chi connectivity index (χ2v) is 6.36. The summed E-state index contributed by atoms with van der Waals surface area (Å²) < 4.78 is 0. The second-order valence-electron chi connectivity index (χ2n) is 5.38. The zero-order valence-corrected chi connectivity index (χ0v) is 11.9. The van der Waals surface area contributed by atoms with E-state index in [-0.39, 0.29) is 6.04 Å². The van der Waals surface area contributed by atoms with Gasteiger partial charge in [-0.25, -0.2) is 0 Å². The highest BCUT2D eigenvalue weighted by Gasteiger charge is 2.38. The Balaban J connectivity index is 2.77. The van der Waals surface area contributed by atoms with E-state index in [0.717, 1.165) is 4.88 Å². The molecule has 0 aromatic carbocycles. The van der Waals surface area contributed by atoms with Crippen molar-refractivity contribution in [3.63, 3.8) is 0 Å². The molecule has 2 unspecified atom stereocenters. The van der Waals surface area contributed by atoms with Gasteiger partial charge in [0.15, 0.2) is 0 Å². The number of hydrogen-bond donors (Lipinski definition) is 2. The molecule has 1 rings (SSSR count). The quantitative estimate of drug-likeness (QED) is 0.826. The Labute approximate surface area is 111 Å². The first-order valence-corrected chi connectivity index (χ1v) is 6.68. The van der Waals surface area contributed by atoms with Crippen molar-refractivity contribution in [2.24, 2.45) is 11.3 Å². The van der Waals surface area contributed by atoms with Crippen LogP contribution in [0.3, 0.4) is 0 Å². The average Bonchev–Trinajstić information content (AvgIpc) is 2.65. The first-order valence-electron chi connectivity index (χ1n) is 5.80. The largest absolute Gasteiger partial charge is 0.481 e. The Hall–Kier alpha value is -1.36. The minimum absolute atomic E-state index is 0.165. The number of hydrogen-bond acceptors (Lipinski definition) is 3. The van der Waals surface area contributed by atoms with Gasteiger partial charge in [0.1, 0.15) is 5.92 Å². The number of carboxylic acid groups (broad SMARTS) is 1. The van der Waals surface area contributed by atoms with Crippen LogP contribution in [-0.2, 0) is 9.59 Å². The van der Waals surface area contributed by atoms with Crippen LogP contribution >= 0.6 is 11.3 Å². The molecule has 0 bridgehead atoms. The lowest BCUT2D eigenvalue weighted by Gasteiger charge is -2.27. The molecule has 2 atom stereocenters. The number of nitrogens with one attached hydrogen (secondary N) is 1. The van der Waals surface area contributed by atoms with Crippen LogP contribution < -0.4 is 5.32 Å². The molecule has 2 N–H and O–H groups in total. The first-order chi connectivity index (χ1) is 8.23. The van der Waals surface area contributed by atoms with Crippen molar-refractivity contribution >= 4 is 23.2 Å². The molecule has 0 radical (unpaired) electrons. The molecule has 1 aromatic rings. The summed E-state index contributed by atoms with van der Waals surface area (Å²) in [5.74, 6) is -2.56. The van der Waals surface area contributed by atoms with Crippen molar-refractivity contribution in [1.29, 1.82) is 0 Å². The maximum atomic E-state index is 12.0. The Morgan fingerprint density at radius 2 is 2.00 bits per heavy atom. The molecule has 4 nitrogen and oxygen atoms in total. The third kappa shape index (κ3) is 3.57. The Morgan fingerprint density at radius 3 is 2.39 bits per heavy atom. The molecule has 0 aliphatic rings. The summed E-state index contributed by atoms with van der Waals surface area (Å²) in [5.41, 5.74) is -0.606. The molecule has 0 aliphatic heterocycles. The van der Waals surface area contributed by atoms with E-state index in [1.807, 2.05) is 24.4 Å². The monoisotopic (exact) mass is 269 g/mol. The number of rotatable bonds is 4. The molecule has 1 aromatic heterocycles. The molecule has 0 spiro atoms. The highest BCUT2D eigenvalue weighted by atomic mass is 32.1. The number of carbonyl (C=O) groups is 2. The maximum Gasteiger partial charge on any atom is 0.316 e. The minimum atomic E-state index is -1.08. The molecule has 5 heteroatoms. The Kier molecular flexibility index (Phi) is 4.51. The number of carbonyl (C=O) groups excluding carboxylic acids is 1. The zero-order chi connectivity index (χ0) is 13.9. The van der Waals surface area contributed by atoms with E-state index in [1.165, 1.54) is 11.3 Å². The number of aliphatic carboxylic acids is 1. The summed E-state index contributed by atoms with van der Waals surface area (Å²) in [7, 11) is 0. The van der Waals surface area contributed by atoms with E-state index in [1.54, 1.807) is 20.8 Å². The lowest BCUT2D eigenvalue weighted by Crippen LogP contribution is -2.43. The minimum Gasteiger partial charge on any atom is -0.481 e. The van der Waals surface area contributed by atoms with Gasteiger partial charge in [-0.15, -0.1) is 11.3 Å². The summed E-state index contributed by atoms with van der Waals surface area (Å²) in [6.45, 7) is 7.11. The van der Waals surface area contributed by atoms with Crippen LogP contribution in [0.5, 0.6) is 0 Å². The van der Waals surface area contributed by atoms with Gasteiger partial charge in [0, 0.05) is 4.88 Å². The van der Waals surface area contributed by atoms with Crippen LogP contribution in [0.4, 0.5) is 0 Å². The van der Waals surface area contributed by atoms with Crippen LogP contribution in [0.15, 0.2) is 17.5 Å². The second kappa shape index (κ2) is 5.52. The van der Waals surface area contributed by atoms with Gasteiger partial charge >= 0.3 is 5.97 Å². The molecule has 0 fully saturated rings. The van der Waals surface area contributed by atoms with E-state index in [0.29, 0.717) is 0 Å². The smallest absolute Gasteiger partial charge is 0.316 e. The summed E-state index contributed by atoms with van der Waals surface area (Å²) in [4.78, 5) is 24.3. The fourth-order valence-corrected chi connectivity index (χ4v) is 2.52. The number of thiophene rings is 1. The van der Waals surface area contributed by atoms with Crippen LogP contribution in [0, 0.1) is 11.3 Å². The lowest BCUT2D eigenvalue weighted by molar-refractivity contribution is -0.151. The van der Waals surface area contributed by atoms with Gasteiger partial charge < -0.3 is 10.4 Å². The van der Waals surface area contributed by atoms with Gasteiger partial charge in [0.2, 0.25) is 5.91 Å². The summed E-state index contributed by atoms with van der Waals surface area (Å²) in [5, 5.41) is 13.9. The van der Waals surface area contributed by atoms with E-state index in [9.17, 15) is 9.59 Å². The van der Waals surface area contributed by atoms with E-state index in [2.05, 4.69) is 5.32 Å². The normalized spacial score (nSPS) is 14.9. The molecule has 18 heavy (non-hydrogen) atoms. The standard InChI is InChI=1S/C13H19NO3S/c1-8(9-6-5-7-18-9)14-11(15)10(12(16)17)13(2,3)4/h5-8,10H,1-4H3,(H,14,15)(H,16,17). The fourth-order valence-electron chi connectivity index (χ4n) is 1.78. The van der Waals surface area contributed by atoms with Crippen molar-refractivity contribution in [1.82, 2.24) is 5.32 Å². The van der Waals surface area contributed by atoms with E-state index < -0.39 is 23.2 Å². The van der Waals surface area contributed by atoms with Crippen molar-refractivity contribution < 1.29 is 14.7 Å². The summed E-state index contributed by atoms with van der Waals surface area (Å²) in [6.07, 6.45) is 0. The van der Waals surface area contributed by atoms with Crippen molar-refractivity contribution in [2.45, 2.75) is 33.7 Å². The van der Waals surface area contributed by atoms with Crippen molar-refractivity contribution in [3.8, 4) is 0 Å². The molecule has 0 aliphatic carbocycles. The van der Waals surface area contributed by atoms with Crippen LogP contribution in [0.2, 0.25) is 0 Å². The lowest BCUT2D eigenvalue weighted by atomic mass is 9.80. The fraction of sp³-hybridized carbons (Fsp3) is 0.538. The summed E-state index contributed by atoms with van der Waals surface area (Å²) >= 11 is 1.54. The highest BCUT2D eigenvalue weighted by Crippen LogP contribution is 2.27. The molecular formula is C13H19NO3S. The predicted octanol–water partition coefficient (Wildman–Crippen LogP) is 2.67. The highest BCUT2D eigenvalue weighted by molar-refractivity contribution is 7.10. The van der Waals surface area contributed by atoms with Crippen molar-refractivity contribution in [3.05, 3.63) is 22.4 Å². The number of amides is 1. The molecule has 1 heterocycles. The molecule has 0 saturated heterocycles. The van der Waals surface area contributed by atoms with Crippen molar-refractivity contribution in [2.75, 3.05) is 0 Å². The van der Waals surface area contributed by atoms with Crippen LogP contribution in [0.1, 0.15) is 38.6 Å². The van der Waals surface area contributed by atoms with Gasteiger partial charge in [0.05, 0.1) is 6.04 Å². The van der Waals surface area contributed by atoms with Crippen LogP contribution in [0.25, 0.3) is 0 Å². The first kappa shape index (κ1) is 14.7. The van der Waals surface area contributed by atoms with Gasteiger partial charge in [-0.2, -0.15) is 0 Å². The van der Waals surface area contributed by atoms with Gasteiger partial charge in [-0.05, 0) is 23.8 Å². The maximum absolute atomic E-state index is 12.0. The Morgan fingerprint density at radius 1 is 1.39 bits per heavy atom.